The molecule has 0 aliphatic heterocycles. The number of methoxy groups -OCH3 is 1. The molecule has 0 amide bonds. The third kappa shape index (κ3) is 1.97. The molecule has 0 spiro atoms. The highest BCUT2D eigenvalue weighted by atomic mass is 16.5. The first-order valence-corrected chi connectivity index (χ1v) is 5.24. The van der Waals surface area contributed by atoms with Gasteiger partial charge in [0.25, 0.3) is 0 Å². The lowest BCUT2D eigenvalue weighted by atomic mass is 9.96. The second-order valence-corrected chi connectivity index (χ2v) is 4.38. The maximum atomic E-state index is 9.06. The molecule has 0 heterocycles. The lowest BCUT2D eigenvalue weighted by molar-refractivity contribution is 0.406. The minimum absolute atomic E-state index is 0.0962. The van der Waals surface area contributed by atoms with Crippen molar-refractivity contribution < 1.29 is 4.74 Å². The van der Waals surface area contributed by atoms with Crippen LogP contribution in [0.25, 0.3) is 0 Å². The van der Waals surface area contributed by atoms with E-state index in [0.29, 0.717) is 0 Å². The second-order valence-electron chi connectivity index (χ2n) is 4.38. The van der Waals surface area contributed by atoms with Crippen LogP contribution in [0, 0.1) is 23.7 Å². The number of nitrogens with zero attached hydrogens (tertiary/aromatic N) is 1. The van der Waals surface area contributed by atoms with Crippen LogP contribution >= 0.6 is 0 Å². The van der Waals surface area contributed by atoms with E-state index < -0.39 is 0 Å². The van der Waals surface area contributed by atoms with Crippen LogP contribution < -0.4 is 4.74 Å². The summed E-state index contributed by atoms with van der Waals surface area (Å²) in [5.74, 6) is 0.905. The van der Waals surface area contributed by atoms with Gasteiger partial charge < -0.3 is 4.74 Å². The van der Waals surface area contributed by atoms with E-state index in [-0.39, 0.29) is 5.41 Å². The lowest BCUT2D eigenvalue weighted by Gasteiger charge is -2.11. The number of hydrogen-bond donors (Lipinski definition) is 0. The molecular weight excluding hydrogens is 186 g/mol. The van der Waals surface area contributed by atoms with Gasteiger partial charge in [0.15, 0.2) is 0 Å². The second kappa shape index (κ2) is 3.58. The van der Waals surface area contributed by atoms with Crippen molar-refractivity contribution in [2.24, 2.45) is 5.41 Å². The van der Waals surface area contributed by atoms with Gasteiger partial charge in [-0.3, -0.25) is 0 Å². The molecule has 78 valence electrons. The highest BCUT2D eigenvalue weighted by molar-refractivity contribution is 5.39. The molecule has 2 heteroatoms. The Morgan fingerprint density at radius 2 is 2.20 bits per heavy atom. The number of aryl methyl sites for hydroxylation is 1. The minimum atomic E-state index is -0.0962. The Morgan fingerprint density at radius 1 is 1.47 bits per heavy atom. The summed E-state index contributed by atoms with van der Waals surface area (Å²) >= 11 is 0. The highest BCUT2D eigenvalue weighted by Gasteiger charge is 2.43. The first-order valence-electron chi connectivity index (χ1n) is 5.24. The van der Waals surface area contributed by atoms with Crippen LogP contribution in [0.2, 0.25) is 0 Å². The van der Waals surface area contributed by atoms with Crippen LogP contribution in [0.3, 0.4) is 0 Å². The van der Waals surface area contributed by atoms with Gasteiger partial charge in [-0.05, 0) is 37.8 Å². The van der Waals surface area contributed by atoms with Crippen molar-refractivity contribution in [2.75, 3.05) is 7.11 Å². The molecular formula is C13H15NO. The van der Waals surface area contributed by atoms with Crippen molar-refractivity contribution in [3.8, 4) is 11.8 Å². The van der Waals surface area contributed by atoms with Crippen LogP contribution in [-0.4, -0.2) is 7.11 Å². The van der Waals surface area contributed by atoms with Crippen molar-refractivity contribution in [1.82, 2.24) is 0 Å². The summed E-state index contributed by atoms with van der Waals surface area (Å²) < 4.78 is 5.31. The number of nitriles is 1. The van der Waals surface area contributed by atoms with E-state index in [9.17, 15) is 0 Å². The van der Waals surface area contributed by atoms with Crippen molar-refractivity contribution in [1.29, 1.82) is 5.26 Å². The van der Waals surface area contributed by atoms with Gasteiger partial charge in [-0.25, -0.2) is 0 Å². The third-order valence-electron chi connectivity index (χ3n) is 3.06. The van der Waals surface area contributed by atoms with Crippen molar-refractivity contribution >= 4 is 0 Å². The van der Waals surface area contributed by atoms with Crippen LogP contribution in [0.4, 0.5) is 0 Å². The molecule has 0 bridgehead atoms. The quantitative estimate of drug-likeness (QED) is 0.753. The van der Waals surface area contributed by atoms with Gasteiger partial charge in [-0.15, -0.1) is 0 Å². The largest absolute Gasteiger partial charge is 0.496 e. The van der Waals surface area contributed by atoms with Crippen molar-refractivity contribution in [2.45, 2.75) is 26.2 Å². The zero-order chi connectivity index (χ0) is 10.9. The van der Waals surface area contributed by atoms with Gasteiger partial charge in [0.1, 0.15) is 5.75 Å². The Hall–Kier alpha value is -1.49. The Morgan fingerprint density at radius 3 is 2.73 bits per heavy atom. The zero-order valence-corrected chi connectivity index (χ0v) is 9.21. The van der Waals surface area contributed by atoms with Crippen LogP contribution in [0.1, 0.15) is 24.0 Å². The van der Waals surface area contributed by atoms with Crippen molar-refractivity contribution in [3.05, 3.63) is 29.3 Å². The molecule has 0 unspecified atom stereocenters. The van der Waals surface area contributed by atoms with Gasteiger partial charge in [-0.2, -0.15) is 5.26 Å². The molecule has 0 N–H and O–H groups in total. The van der Waals surface area contributed by atoms with E-state index in [1.165, 1.54) is 5.56 Å². The first-order chi connectivity index (χ1) is 7.19. The number of rotatable bonds is 3. The molecule has 1 aromatic rings. The average Bonchev–Trinajstić information content (AvgIpc) is 2.99. The third-order valence-corrected chi connectivity index (χ3v) is 3.06. The monoisotopic (exact) mass is 201 g/mol. The van der Waals surface area contributed by atoms with Crippen molar-refractivity contribution in [3.63, 3.8) is 0 Å². The standard InChI is InChI=1S/C13H15NO/c1-10-3-4-12(15-2)11(7-10)8-13(9-14)5-6-13/h3-4,7H,5-6,8H2,1-2H3. The summed E-state index contributed by atoms with van der Waals surface area (Å²) in [6.45, 7) is 2.06. The lowest BCUT2D eigenvalue weighted by Crippen LogP contribution is -2.03. The maximum Gasteiger partial charge on any atom is 0.122 e. The molecule has 0 aromatic heterocycles. The van der Waals surface area contributed by atoms with Gasteiger partial charge in [0, 0.05) is 0 Å². The Bertz CT molecular complexity index is 413. The highest BCUT2D eigenvalue weighted by Crippen LogP contribution is 2.48. The predicted octanol–water partition coefficient (Wildman–Crippen LogP) is 2.85. The average molecular weight is 201 g/mol. The van der Waals surface area contributed by atoms with E-state index in [1.807, 2.05) is 12.1 Å². The summed E-state index contributed by atoms with van der Waals surface area (Å²) in [5.41, 5.74) is 2.29. The van der Waals surface area contributed by atoms with Gasteiger partial charge in [0.05, 0.1) is 18.6 Å². The van der Waals surface area contributed by atoms with Gasteiger partial charge >= 0.3 is 0 Å². The summed E-state index contributed by atoms with van der Waals surface area (Å²) in [6, 6.07) is 8.56. The first kappa shape index (κ1) is 10.0. The molecule has 0 saturated heterocycles. The smallest absolute Gasteiger partial charge is 0.122 e. The number of hydrogen-bond acceptors (Lipinski definition) is 2. The number of benzene rings is 1. The predicted molar refractivity (Wildman–Crippen MR) is 58.7 cm³/mol. The van der Waals surface area contributed by atoms with E-state index in [2.05, 4.69) is 19.1 Å². The van der Waals surface area contributed by atoms with Gasteiger partial charge in [0.2, 0.25) is 0 Å². The minimum Gasteiger partial charge on any atom is -0.496 e. The summed E-state index contributed by atoms with van der Waals surface area (Å²) in [4.78, 5) is 0. The van der Waals surface area contributed by atoms with Crippen LogP contribution in [-0.2, 0) is 6.42 Å². The molecule has 0 radical (unpaired) electrons. The molecule has 0 atom stereocenters. The zero-order valence-electron chi connectivity index (χ0n) is 9.21. The summed E-state index contributed by atoms with van der Waals surface area (Å²) in [7, 11) is 1.68. The van der Waals surface area contributed by atoms with Crippen LogP contribution in [0.5, 0.6) is 5.75 Å². The Balaban J connectivity index is 2.27. The molecule has 1 aliphatic rings. The SMILES string of the molecule is COc1ccc(C)cc1CC1(C#N)CC1. The van der Waals surface area contributed by atoms with Crippen LogP contribution in [0.15, 0.2) is 18.2 Å². The fraction of sp³-hybridized carbons (Fsp3) is 0.462. The normalized spacial score (nSPS) is 16.9. The fourth-order valence-electron chi connectivity index (χ4n) is 1.89. The molecule has 2 nitrogen and oxygen atoms in total. The van der Waals surface area contributed by atoms with E-state index in [0.717, 1.165) is 30.6 Å². The molecule has 1 fully saturated rings. The molecule has 1 saturated carbocycles. The van der Waals surface area contributed by atoms with Gasteiger partial charge in [-0.1, -0.05) is 17.7 Å². The van der Waals surface area contributed by atoms with E-state index in [1.54, 1.807) is 7.11 Å². The van der Waals surface area contributed by atoms with E-state index in [4.69, 9.17) is 10.00 Å². The maximum absolute atomic E-state index is 9.06. The Labute approximate surface area is 90.5 Å². The molecule has 1 aliphatic carbocycles. The van der Waals surface area contributed by atoms with E-state index >= 15 is 0 Å². The molecule has 2 rings (SSSR count). The summed E-state index contributed by atoms with van der Waals surface area (Å²) in [5, 5.41) is 9.06. The molecule has 1 aromatic carbocycles. The fourth-order valence-corrected chi connectivity index (χ4v) is 1.89. The molecule has 15 heavy (non-hydrogen) atoms. The summed E-state index contributed by atoms with van der Waals surface area (Å²) in [6.07, 6.45) is 2.88. The topological polar surface area (TPSA) is 33.0 Å². The number of ether oxygens (including phenoxy) is 1. The Kier molecular flexibility index (Phi) is 2.40.